The minimum absolute atomic E-state index is 0.143. The van der Waals surface area contributed by atoms with E-state index in [1.165, 1.54) is 24.3 Å². The van der Waals surface area contributed by atoms with E-state index in [0.29, 0.717) is 17.2 Å². The average molecular weight is 260 g/mol. The lowest BCUT2D eigenvalue weighted by Gasteiger charge is -2.10. The van der Waals surface area contributed by atoms with Crippen LogP contribution in [-0.2, 0) is 0 Å². The Hall–Kier alpha value is -2.43. The molecule has 0 radical (unpaired) electrons. The predicted molar refractivity (Wildman–Crippen MR) is 70.4 cm³/mol. The fraction of sp³-hybridized carbons (Fsp3) is 0.143. The lowest BCUT2D eigenvalue weighted by molar-refractivity contribution is 0.0696. The van der Waals surface area contributed by atoms with Crippen LogP contribution in [0, 0.1) is 19.7 Å². The first-order chi connectivity index (χ1) is 8.95. The number of hydrogen-bond acceptors (Lipinski definition) is 3. The number of nitrogens with one attached hydrogen (secondary N) is 1. The molecule has 1 aromatic carbocycles. The predicted octanol–water partition coefficient (Wildman–Crippen LogP) is 3.28. The molecule has 0 atom stereocenters. The fourth-order valence-corrected chi connectivity index (χ4v) is 1.72. The van der Waals surface area contributed by atoms with Gasteiger partial charge in [0.15, 0.2) is 0 Å². The van der Waals surface area contributed by atoms with Gasteiger partial charge in [-0.25, -0.2) is 14.2 Å². The molecule has 0 unspecified atom stereocenters. The number of carboxylic acid groups (broad SMARTS) is 1. The van der Waals surface area contributed by atoms with Crippen molar-refractivity contribution < 1.29 is 14.3 Å². The molecule has 0 amide bonds. The van der Waals surface area contributed by atoms with Crippen LogP contribution in [0.4, 0.5) is 15.9 Å². The number of rotatable bonds is 3. The number of pyridine rings is 1. The number of benzene rings is 1. The van der Waals surface area contributed by atoms with Crippen molar-refractivity contribution in [3.05, 3.63) is 53.0 Å². The molecule has 0 aliphatic rings. The maximum absolute atomic E-state index is 13.2. The molecular formula is C14H13FN2O2. The van der Waals surface area contributed by atoms with Crippen molar-refractivity contribution in [3.8, 4) is 0 Å². The van der Waals surface area contributed by atoms with Crippen molar-refractivity contribution in [2.24, 2.45) is 0 Å². The summed E-state index contributed by atoms with van der Waals surface area (Å²) < 4.78 is 13.2. The fourth-order valence-electron chi connectivity index (χ4n) is 1.72. The molecule has 4 nitrogen and oxygen atoms in total. The lowest BCUT2D eigenvalue weighted by atomic mass is 10.2. The second-order valence-electron chi connectivity index (χ2n) is 4.27. The molecule has 0 saturated heterocycles. The van der Waals surface area contributed by atoms with E-state index in [1.54, 1.807) is 13.0 Å². The van der Waals surface area contributed by atoms with E-state index < -0.39 is 5.97 Å². The van der Waals surface area contributed by atoms with Crippen LogP contribution in [0.15, 0.2) is 30.3 Å². The van der Waals surface area contributed by atoms with Crippen molar-refractivity contribution in [1.29, 1.82) is 0 Å². The molecule has 0 fully saturated rings. The maximum Gasteiger partial charge on any atom is 0.335 e. The van der Waals surface area contributed by atoms with Gasteiger partial charge in [0.05, 0.1) is 5.56 Å². The summed E-state index contributed by atoms with van der Waals surface area (Å²) in [5, 5.41) is 11.9. The van der Waals surface area contributed by atoms with Gasteiger partial charge in [0, 0.05) is 11.4 Å². The Bertz CT molecular complexity index is 641. The SMILES string of the molecule is Cc1cc(C(=O)O)cc(Nc2cc(F)ccc2C)n1. The number of carboxylic acids is 1. The van der Waals surface area contributed by atoms with E-state index in [1.807, 2.05) is 6.92 Å². The van der Waals surface area contributed by atoms with Gasteiger partial charge in [-0.05, 0) is 43.7 Å². The highest BCUT2D eigenvalue weighted by atomic mass is 19.1. The molecule has 0 bridgehead atoms. The molecule has 2 rings (SSSR count). The Balaban J connectivity index is 2.38. The number of halogens is 1. The number of aromatic nitrogens is 1. The molecule has 0 spiro atoms. The molecule has 0 aliphatic heterocycles. The Labute approximate surface area is 109 Å². The number of anilines is 2. The molecule has 2 aromatic rings. The van der Waals surface area contributed by atoms with Crippen LogP contribution in [0.5, 0.6) is 0 Å². The molecule has 5 heteroatoms. The Kier molecular flexibility index (Phi) is 3.46. The summed E-state index contributed by atoms with van der Waals surface area (Å²) in [7, 11) is 0. The van der Waals surface area contributed by atoms with Crippen molar-refractivity contribution >= 4 is 17.5 Å². The molecular weight excluding hydrogens is 247 g/mol. The highest BCUT2D eigenvalue weighted by Gasteiger charge is 2.08. The number of aryl methyl sites for hydroxylation is 2. The summed E-state index contributed by atoms with van der Waals surface area (Å²) in [4.78, 5) is 15.1. The third-order valence-electron chi connectivity index (χ3n) is 2.66. The highest BCUT2D eigenvalue weighted by molar-refractivity contribution is 5.88. The van der Waals surface area contributed by atoms with E-state index >= 15 is 0 Å². The van der Waals surface area contributed by atoms with E-state index in [9.17, 15) is 9.18 Å². The van der Waals surface area contributed by atoms with Crippen molar-refractivity contribution in [3.63, 3.8) is 0 Å². The third-order valence-corrected chi connectivity index (χ3v) is 2.66. The zero-order valence-electron chi connectivity index (χ0n) is 10.6. The second kappa shape index (κ2) is 5.06. The van der Waals surface area contributed by atoms with Crippen molar-refractivity contribution in [2.75, 3.05) is 5.32 Å². The summed E-state index contributed by atoms with van der Waals surface area (Å²) in [6, 6.07) is 7.25. The first kappa shape index (κ1) is 13.0. The van der Waals surface area contributed by atoms with E-state index in [2.05, 4.69) is 10.3 Å². The average Bonchev–Trinajstić information content (AvgIpc) is 2.33. The van der Waals surface area contributed by atoms with Crippen LogP contribution in [-0.4, -0.2) is 16.1 Å². The minimum atomic E-state index is -1.02. The van der Waals surface area contributed by atoms with Crippen LogP contribution < -0.4 is 5.32 Å². The smallest absolute Gasteiger partial charge is 0.335 e. The first-order valence-electron chi connectivity index (χ1n) is 5.71. The number of nitrogens with zero attached hydrogens (tertiary/aromatic N) is 1. The quantitative estimate of drug-likeness (QED) is 0.889. The topological polar surface area (TPSA) is 62.2 Å². The van der Waals surface area contributed by atoms with E-state index in [-0.39, 0.29) is 11.4 Å². The third kappa shape index (κ3) is 3.07. The highest BCUT2D eigenvalue weighted by Crippen LogP contribution is 2.21. The number of carbonyl (C=O) groups is 1. The van der Waals surface area contributed by atoms with Gasteiger partial charge in [0.25, 0.3) is 0 Å². The second-order valence-corrected chi connectivity index (χ2v) is 4.27. The molecule has 1 heterocycles. The zero-order valence-corrected chi connectivity index (χ0v) is 10.6. The number of aromatic carboxylic acids is 1. The molecule has 19 heavy (non-hydrogen) atoms. The van der Waals surface area contributed by atoms with Gasteiger partial charge in [0.2, 0.25) is 0 Å². The van der Waals surface area contributed by atoms with Gasteiger partial charge < -0.3 is 10.4 Å². The Morgan fingerprint density at radius 2 is 2.00 bits per heavy atom. The van der Waals surface area contributed by atoms with Gasteiger partial charge in [-0.15, -0.1) is 0 Å². The molecule has 0 saturated carbocycles. The zero-order chi connectivity index (χ0) is 14.0. The minimum Gasteiger partial charge on any atom is -0.478 e. The first-order valence-corrected chi connectivity index (χ1v) is 5.71. The van der Waals surface area contributed by atoms with Crippen LogP contribution >= 0.6 is 0 Å². The van der Waals surface area contributed by atoms with Crippen molar-refractivity contribution in [2.45, 2.75) is 13.8 Å². The van der Waals surface area contributed by atoms with Gasteiger partial charge in [-0.2, -0.15) is 0 Å². The largest absolute Gasteiger partial charge is 0.478 e. The van der Waals surface area contributed by atoms with E-state index in [0.717, 1.165) is 5.56 Å². The van der Waals surface area contributed by atoms with Gasteiger partial charge in [-0.1, -0.05) is 6.07 Å². The summed E-state index contributed by atoms with van der Waals surface area (Å²) in [5.74, 6) is -1.00. The maximum atomic E-state index is 13.2. The van der Waals surface area contributed by atoms with E-state index in [4.69, 9.17) is 5.11 Å². The van der Waals surface area contributed by atoms with Gasteiger partial charge in [-0.3, -0.25) is 0 Å². The van der Waals surface area contributed by atoms with Crippen molar-refractivity contribution in [1.82, 2.24) is 4.98 Å². The van der Waals surface area contributed by atoms with Gasteiger partial charge >= 0.3 is 5.97 Å². The normalized spacial score (nSPS) is 10.3. The van der Waals surface area contributed by atoms with Crippen LogP contribution in [0.3, 0.4) is 0 Å². The van der Waals surface area contributed by atoms with Crippen LogP contribution in [0.1, 0.15) is 21.6 Å². The summed E-state index contributed by atoms with van der Waals surface area (Å²) in [6.45, 7) is 3.53. The molecule has 0 aliphatic carbocycles. The summed E-state index contributed by atoms with van der Waals surface area (Å²) in [6.07, 6.45) is 0. The summed E-state index contributed by atoms with van der Waals surface area (Å²) >= 11 is 0. The molecule has 2 N–H and O–H groups in total. The Morgan fingerprint density at radius 3 is 2.68 bits per heavy atom. The number of hydrogen-bond donors (Lipinski definition) is 2. The van der Waals surface area contributed by atoms with Crippen LogP contribution in [0.25, 0.3) is 0 Å². The summed E-state index contributed by atoms with van der Waals surface area (Å²) in [5.41, 5.74) is 2.14. The molecule has 1 aromatic heterocycles. The standard InChI is InChI=1S/C14H13FN2O2/c1-8-3-4-11(15)7-12(8)17-13-6-10(14(18)19)5-9(2)16-13/h3-7H,1-2H3,(H,16,17)(H,18,19). The Morgan fingerprint density at radius 1 is 1.26 bits per heavy atom. The van der Waals surface area contributed by atoms with Crippen LogP contribution in [0.2, 0.25) is 0 Å². The monoisotopic (exact) mass is 260 g/mol. The lowest BCUT2D eigenvalue weighted by Crippen LogP contribution is -2.02. The molecule has 98 valence electrons. The van der Waals surface area contributed by atoms with Gasteiger partial charge in [0.1, 0.15) is 11.6 Å².